The molecule has 0 radical (unpaired) electrons. The molecule has 6 nitrogen and oxygen atoms in total. The zero-order chi connectivity index (χ0) is 46.7. The van der Waals surface area contributed by atoms with Gasteiger partial charge >= 0.3 is 0 Å². The second-order valence-corrected chi connectivity index (χ2v) is 34.5. The van der Waals surface area contributed by atoms with Crippen molar-refractivity contribution >= 4 is 52.0 Å². The fourth-order valence-electron chi connectivity index (χ4n) is 8.83. The SMILES string of the molecule is COCO[C@@H]([C@@H](C)/C=C\[C@H](C[C@H](O[Si](C)(C)C(C)(C)C)[C@H](C)C=O)O[Si](c1ccccc1)(c1ccccc1)C(C)(C)C)[C@@H](C)CO[Si](c1ccccc1)(c1ccccc1)C(C)(C)C. The summed E-state index contributed by atoms with van der Waals surface area (Å²) >= 11 is 0. The van der Waals surface area contributed by atoms with Crippen molar-refractivity contribution in [2.75, 3.05) is 20.5 Å². The van der Waals surface area contributed by atoms with Crippen molar-refractivity contribution in [1.29, 1.82) is 0 Å². The predicted octanol–water partition coefficient (Wildman–Crippen LogP) is 10.9. The van der Waals surface area contributed by atoms with E-state index in [2.05, 4.69) is 223 Å². The average Bonchev–Trinajstić information content (AvgIpc) is 3.24. The number of benzene rings is 4. The van der Waals surface area contributed by atoms with E-state index < -0.39 is 25.0 Å². The van der Waals surface area contributed by atoms with Crippen LogP contribution < -0.4 is 20.7 Å². The highest BCUT2D eigenvalue weighted by atomic mass is 28.4. The Bertz CT molecular complexity index is 1890. The molecule has 344 valence electrons. The molecule has 0 fully saturated rings. The van der Waals surface area contributed by atoms with E-state index in [0.717, 1.165) is 6.29 Å². The molecule has 0 unspecified atom stereocenters. The lowest BCUT2D eigenvalue weighted by atomic mass is 9.92. The Morgan fingerprint density at radius 1 is 0.556 bits per heavy atom. The van der Waals surface area contributed by atoms with Gasteiger partial charge in [0.1, 0.15) is 13.1 Å². The summed E-state index contributed by atoms with van der Waals surface area (Å²) in [7, 11) is -6.44. The summed E-state index contributed by atoms with van der Waals surface area (Å²) in [4.78, 5) is 12.7. The lowest BCUT2D eigenvalue weighted by Gasteiger charge is -2.46. The van der Waals surface area contributed by atoms with Gasteiger partial charge in [-0.15, -0.1) is 0 Å². The van der Waals surface area contributed by atoms with E-state index in [1.165, 1.54) is 20.7 Å². The summed E-state index contributed by atoms with van der Waals surface area (Å²) in [6, 6.07) is 43.1. The first-order chi connectivity index (χ1) is 29.6. The molecule has 0 bridgehead atoms. The number of methoxy groups -OCH3 is 1. The maximum absolute atomic E-state index is 12.7. The van der Waals surface area contributed by atoms with E-state index >= 15 is 0 Å². The molecule has 0 saturated carbocycles. The molecule has 4 aromatic rings. The number of hydrogen-bond donors (Lipinski definition) is 0. The van der Waals surface area contributed by atoms with Crippen LogP contribution in [0.5, 0.6) is 0 Å². The Balaban J connectivity index is 1.83. The van der Waals surface area contributed by atoms with E-state index in [9.17, 15) is 4.79 Å². The number of carbonyl (C=O) groups excluding carboxylic acids is 1. The van der Waals surface area contributed by atoms with E-state index in [1.807, 2.05) is 6.92 Å². The predicted molar refractivity (Wildman–Crippen MR) is 272 cm³/mol. The fourth-order valence-corrected chi connectivity index (χ4v) is 19.6. The van der Waals surface area contributed by atoms with Crippen molar-refractivity contribution in [3.8, 4) is 0 Å². The monoisotopic (exact) mass is 909 g/mol. The Hall–Kier alpha value is -3.26. The van der Waals surface area contributed by atoms with Crippen LogP contribution in [-0.4, -0.2) is 70.1 Å². The molecule has 0 N–H and O–H groups in total. The summed E-state index contributed by atoms with van der Waals surface area (Å²) in [6.07, 6.45) is 5.11. The Morgan fingerprint density at radius 2 is 0.968 bits per heavy atom. The molecule has 63 heavy (non-hydrogen) atoms. The number of ether oxygens (including phenoxy) is 2. The topological polar surface area (TPSA) is 63.2 Å². The molecular formula is C54H80O6Si3. The van der Waals surface area contributed by atoms with Crippen LogP contribution in [0, 0.1) is 17.8 Å². The third-order valence-corrected chi connectivity index (χ3v) is 27.9. The Labute approximate surface area is 385 Å². The molecule has 0 aromatic heterocycles. The molecular weight excluding hydrogens is 829 g/mol. The van der Waals surface area contributed by atoms with E-state index in [4.69, 9.17) is 22.8 Å². The summed E-state index contributed by atoms with van der Waals surface area (Å²) in [5.41, 5.74) is 0. The zero-order valence-corrected chi connectivity index (χ0v) is 44.3. The molecule has 4 rings (SSSR count). The highest BCUT2D eigenvalue weighted by Gasteiger charge is 2.53. The van der Waals surface area contributed by atoms with Gasteiger partial charge in [0, 0.05) is 37.9 Å². The van der Waals surface area contributed by atoms with E-state index in [0.29, 0.717) is 13.0 Å². The second kappa shape index (κ2) is 22.3. The van der Waals surface area contributed by atoms with Gasteiger partial charge in [0.2, 0.25) is 0 Å². The molecule has 0 amide bonds. The maximum atomic E-state index is 12.7. The van der Waals surface area contributed by atoms with Gasteiger partial charge in [-0.25, -0.2) is 0 Å². The smallest absolute Gasteiger partial charge is 0.261 e. The van der Waals surface area contributed by atoms with Crippen LogP contribution in [0.2, 0.25) is 28.2 Å². The van der Waals surface area contributed by atoms with Gasteiger partial charge in [0.25, 0.3) is 16.6 Å². The highest BCUT2D eigenvalue weighted by Crippen LogP contribution is 2.42. The molecule has 0 aliphatic carbocycles. The van der Waals surface area contributed by atoms with Crippen LogP contribution in [-0.2, 0) is 27.5 Å². The van der Waals surface area contributed by atoms with Crippen LogP contribution in [0.1, 0.15) is 89.5 Å². The number of aldehydes is 1. The summed E-state index contributed by atoms with van der Waals surface area (Å²) in [5.74, 6) is -0.375. The minimum Gasteiger partial charge on any atom is -0.413 e. The standard InChI is InChI=1S/C54H80O6Si3/c1-42(51(57-41-56-13)44(3)40-58-62(53(7,8)9,46-28-20-16-21-29-46)47-30-22-17-23-31-47)36-37-45(38-50(43(2)39-55)60-61(14,15)52(4,5)6)59-63(54(10,11)12,48-32-24-18-25-33-48)49-34-26-19-27-35-49/h16-37,39,42-45,50-51H,38,40-41H2,1-15H3/b37-36-/t42-,43+,44-,45+,50-,51-/m0/s1. The van der Waals surface area contributed by atoms with Crippen LogP contribution in [0.15, 0.2) is 133 Å². The Kier molecular flexibility index (Phi) is 18.5. The maximum Gasteiger partial charge on any atom is 0.261 e. The first kappa shape index (κ1) is 52.4. The van der Waals surface area contributed by atoms with Gasteiger partial charge in [-0.1, -0.05) is 217 Å². The first-order valence-electron chi connectivity index (χ1n) is 23.0. The molecule has 0 saturated heterocycles. The molecule has 0 spiro atoms. The van der Waals surface area contributed by atoms with Crippen molar-refractivity contribution in [3.63, 3.8) is 0 Å². The lowest BCUT2D eigenvalue weighted by Crippen LogP contribution is -2.67. The zero-order valence-electron chi connectivity index (χ0n) is 41.3. The molecule has 6 atom stereocenters. The summed E-state index contributed by atoms with van der Waals surface area (Å²) < 4.78 is 34.7. The van der Waals surface area contributed by atoms with Crippen molar-refractivity contribution in [2.45, 2.75) is 136 Å². The highest BCUT2D eigenvalue weighted by molar-refractivity contribution is 7.00. The Morgan fingerprint density at radius 3 is 1.33 bits per heavy atom. The quantitative estimate of drug-likeness (QED) is 0.0339. The summed E-state index contributed by atoms with van der Waals surface area (Å²) in [5, 5.41) is 4.46. The van der Waals surface area contributed by atoms with Gasteiger partial charge in [-0.2, -0.15) is 0 Å². The van der Waals surface area contributed by atoms with Crippen LogP contribution >= 0.6 is 0 Å². The van der Waals surface area contributed by atoms with Gasteiger partial charge in [0.05, 0.1) is 18.3 Å². The van der Waals surface area contributed by atoms with E-state index in [1.54, 1.807) is 7.11 Å². The normalized spacial score (nSPS) is 16.3. The molecule has 0 aliphatic rings. The summed E-state index contributed by atoms with van der Waals surface area (Å²) in [6.45, 7) is 32.2. The van der Waals surface area contributed by atoms with Crippen LogP contribution in [0.3, 0.4) is 0 Å². The third-order valence-electron chi connectivity index (χ3n) is 13.3. The number of hydrogen-bond acceptors (Lipinski definition) is 6. The molecule has 4 aromatic carbocycles. The minimum atomic E-state index is -3.03. The minimum absolute atomic E-state index is 0.00208. The first-order valence-corrected chi connectivity index (χ1v) is 29.7. The van der Waals surface area contributed by atoms with Gasteiger partial charge < -0.3 is 27.5 Å². The molecule has 9 heteroatoms. The van der Waals surface area contributed by atoms with E-state index in [-0.39, 0.29) is 58.0 Å². The third kappa shape index (κ3) is 12.6. The van der Waals surface area contributed by atoms with Crippen molar-refractivity contribution < 1.29 is 27.5 Å². The molecule has 0 aliphatic heterocycles. The van der Waals surface area contributed by atoms with Gasteiger partial charge in [-0.05, 0) is 49.0 Å². The van der Waals surface area contributed by atoms with Crippen LogP contribution in [0.25, 0.3) is 0 Å². The largest absolute Gasteiger partial charge is 0.413 e. The average molecular weight is 909 g/mol. The van der Waals surface area contributed by atoms with Crippen molar-refractivity contribution in [3.05, 3.63) is 133 Å². The number of rotatable bonds is 22. The molecule has 0 heterocycles. The van der Waals surface area contributed by atoms with Crippen LogP contribution in [0.4, 0.5) is 0 Å². The van der Waals surface area contributed by atoms with Gasteiger partial charge in [0.15, 0.2) is 8.32 Å². The lowest BCUT2D eigenvalue weighted by molar-refractivity contribution is -0.113. The van der Waals surface area contributed by atoms with Gasteiger partial charge in [-0.3, -0.25) is 0 Å². The fraction of sp³-hybridized carbons (Fsp3) is 0.500. The van der Waals surface area contributed by atoms with Crippen molar-refractivity contribution in [2.24, 2.45) is 17.8 Å². The number of carbonyl (C=O) groups is 1. The second-order valence-electron chi connectivity index (χ2n) is 21.2. The van der Waals surface area contributed by atoms with Crippen molar-refractivity contribution in [1.82, 2.24) is 0 Å².